The molecule has 2 aliphatic carbocycles. The average molecular weight is 511 g/mol. The minimum absolute atomic E-state index is 0.0991. The number of aromatic nitrogens is 1. The maximum Gasteiger partial charge on any atom is 0.177 e. The number of nitrogens with one attached hydrogen (secondary N) is 1. The summed E-state index contributed by atoms with van der Waals surface area (Å²) in [5.41, 5.74) is 7.40. The average Bonchev–Trinajstić information content (AvgIpc) is 3.16. The van der Waals surface area contributed by atoms with E-state index in [1.807, 2.05) is 74.0 Å². The van der Waals surface area contributed by atoms with Gasteiger partial charge in [0.1, 0.15) is 0 Å². The number of hydrogen-bond donors (Lipinski definition) is 1. The van der Waals surface area contributed by atoms with Gasteiger partial charge >= 0.3 is 0 Å². The lowest BCUT2D eigenvalue weighted by atomic mass is 9.82. The molecule has 39 heavy (non-hydrogen) atoms. The Hall–Kier alpha value is -4.70. The molecule has 0 amide bonds. The van der Waals surface area contributed by atoms with Crippen molar-refractivity contribution in [1.29, 1.82) is 0 Å². The summed E-state index contributed by atoms with van der Waals surface area (Å²) in [6.45, 7) is 1.85. The van der Waals surface area contributed by atoms with Crippen molar-refractivity contribution in [2.75, 3.05) is 0 Å². The SMILES string of the molecule is C1=CC=CNC=C1.Cc1noc(-c2ccccc2)c1C(=O)C1C=c2c(ccc3c2=CCc2ccccc2-3)CC1. The van der Waals surface area contributed by atoms with Crippen LogP contribution in [0.3, 0.4) is 0 Å². The Balaban J connectivity index is 0.000000346. The predicted octanol–water partition coefficient (Wildman–Crippen LogP) is 6.05. The number of carbonyl (C=O) groups is 1. The van der Waals surface area contributed by atoms with Gasteiger partial charge in [-0.3, -0.25) is 4.79 Å². The third kappa shape index (κ3) is 4.94. The van der Waals surface area contributed by atoms with Gasteiger partial charge in [0.15, 0.2) is 11.5 Å². The van der Waals surface area contributed by atoms with E-state index >= 15 is 0 Å². The topological polar surface area (TPSA) is 55.1 Å². The number of fused-ring (bicyclic) bond motifs is 5. The molecule has 1 aliphatic heterocycles. The highest BCUT2D eigenvalue weighted by atomic mass is 16.5. The van der Waals surface area contributed by atoms with E-state index in [1.165, 1.54) is 32.7 Å². The molecule has 3 aliphatic rings. The van der Waals surface area contributed by atoms with E-state index in [-0.39, 0.29) is 11.7 Å². The molecule has 0 bridgehead atoms. The third-order valence-corrected chi connectivity index (χ3v) is 7.50. The zero-order valence-corrected chi connectivity index (χ0v) is 21.9. The van der Waals surface area contributed by atoms with Crippen LogP contribution < -0.4 is 15.8 Å². The molecule has 3 aromatic carbocycles. The fourth-order valence-corrected chi connectivity index (χ4v) is 5.56. The Morgan fingerprint density at radius 3 is 2.44 bits per heavy atom. The Labute approximate surface area is 228 Å². The van der Waals surface area contributed by atoms with Crippen LogP contribution in [0.25, 0.3) is 34.6 Å². The first-order valence-electron chi connectivity index (χ1n) is 13.4. The Morgan fingerprint density at radius 2 is 1.62 bits per heavy atom. The van der Waals surface area contributed by atoms with Gasteiger partial charge in [-0.15, -0.1) is 0 Å². The van der Waals surface area contributed by atoms with Gasteiger partial charge in [0.2, 0.25) is 0 Å². The van der Waals surface area contributed by atoms with Crippen molar-refractivity contribution in [2.24, 2.45) is 5.92 Å². The van der Waals surface area contributed by atoms with Gasteiger partial charge in [0, 0.05) is 23.9 Å². The van der Waals surface area contributed by atoms with Gasteiger partial charge < -0.3 is 9.84 Å². The lowest BCUT2D eigenvalue weighted by Gasteiger charge is -2.21. The fraction of sp³-hybridized carbons (Fsp3) is 0.143. The zero-order valence-electron chi connectivity index (χ0n) is 21.9. The number of ketones is 1. The molecule has 4 nitrogen and oxygen atoms in total. The summed E-state index contributed by atoms with van der Waals surface area (Å²) >= 11 is 0. The van der Waals surface area contributed by atoms with E-state index in [0.717, 1.165) is 24.8 Å². The van der Waals surface area contributed by atoms with Gasteiger partial charge in [-0.25, -0.2) is 0 Å². The van der Waals surface area contributed by atoms with Crippen LogP contribution in [0.1, 0.15) is 33.6 Å². The van der Waals surface area contributed by atoms with E-state index < -0.39 is 0 Å². The number of carbonyl (C=O) groups excluding carboxylic acids is 1. The number of Topliss-reactive ketones (excluding diaryl/α,β-unsaturated/α-hetero) is 1. The summed E-state index contributed by atoms with van der Waals surface area (Å²) < 4.78 is 5.60. The van der Waals surface area contributed by atoms with Crippen LogP contribution in [0.4, 0.5) is 0 Å². The van der Waals surface area contributed by atoms with Crippen molar-refractivity contribution in [2.45, 2.75) is 26.2 Å². The van der Waals surface area contributed by atoms with Crippen LogP contribution in [-0.2, 0) is 12.8 Å². The highest BCUT2D eigenvalue weighted by Crippen LogP contribution is 2.31. The summed E-state index contributed by atoms with van der Waals surface area (Å²) in [7, 11) is 0. The molecule has 1 atom stereocenters. The van der Waals surface area contributed by atoms with E-state index in [2.05, 4.69) is 59.0 Å². The van der Waals surface area contributed by atoms with Crippen molar-refractivity contribution in [3.8, 4) is 22.5 Å². The Morgan fingerprint density at radius 1 is 0.846 bits per heavy atom. The predicted molar refractivity (Wildman–Crippen MR) is 157 cm³/mol. The molecule has 192 valence electrons. The van der Waals surface area contributed by atoms with E-state index in [1.54, 1.807) is 0 Å². The first kappa shape index (κ1) is 24.6. The Kier molecular flexibility index (Phi) is 6.92. The lowest BCUT2D eigenvalue weighted by Crippen LogP contribution is -2.37. The van der Waals surface area contributed by atoms with Crippen LogP contribution in [-0.4, -0.2) is 10.9 Å². The summed E-state index contributed by atoms with van der Waals surface area (Å²) in [4.78, 5) is 13.7. The minimum Gasteiger partial charge on any atom is -0.368 e. The molecule has 4 heteroatoms. The van der Waals surface area contributed by atoms with Gasteiger partial charge in [-0.05, 0) is 71.0 Å². The molecule has 0 saturated heterocycles. The van der Waals surface area contributed by atoms with Crippen molar-refractivity contribution >= 4 is 17.9 Å². The maximum atomic E-state index is 13.7. The van der Waals surface area contributed by atoms with Gasteiger partial charge in [0.05, 0.1) is 11.3 Å². The monoisotopic (exact) mass is 510 g/mol. The van der Waals surface area contributed by atoms with Crippen LogP contribution in [0.2, 0.25) is 0 Å². The molecule has 0 radical (unpaired) electrons. The molecule has 1 aromatic heterocycles. The molecule has 2 heterocycles. The number of allylic oxidation sites excluding steroid dienone is 4. The van der Waals surface area contributed by atoms with Crippen LogP contribution in [0, 0.1) is 12.8 Å². The second-order valence-electron chi connectivity index (χ2n) is 9.95. The quantitative estimate of drug-likeness (QED) is 0.341. The Bertz CT molecular complexity index is 1730. The summed E-state index contributed by atoms with van der Waals surface area (Å²) in [6, 6.07) is 22.9. The molecule has 0 fully saturated rings. The smallest absolute Gasteiger partial charge is 0.177 e. The van der Waals surface area contributed by atoms with Gasteiger partial charge in [0.25, 0.3) is 0 Å². The molecular weight excluding hydrogens is 480 g/mol. The number of hydrogen-bond acceptors (Lipinski definition) is 4. The summed E-state index contributed by atoms with van der Waals surface area (Å²) in [5, 5.41) is 9.54. The fourth-order valence-electron chi connectivity index (χ4n) is 5.56. The van der Waals surface area contributed by atoms with Crippen molar-refractivity contribution < 1.29 is 9.32 Å². The largest absolute Gasteiger partial charge is 0.368 e. The normalized spacial score (nSPS) is 16.2. The molecular formula is C35H30N2O2. The maximum absolute atomic E-state index is 13.7. The zero-order chi connectivity index (χ0) is 26.6. The highest BCUT2D eigenvalue weighted by Gasteiger charge is 2.29. The van der Waals surface area contributed by atoms with Crippen LogP contribution >= 0.6 is 0 Å². The highest BCUT2D eigenvalue weighted by molar-refractivity contribution is 6.06. The number of aryl methyl sites for hydroxylation is 2. The second-order valence-corrected chi connectivity index (χ2v) is 9.95. The molecule has 0 saturated carbocycles. The standard InChI is InChI=1S/C29H23NO2.C6H7N/c1-18-27(29(32-30-18)21-8-3-2-4-9-21)28(31)22-12-11-20-14-15-24-23-10-6-5-7-19(23)13-16-25(24)26(20)17-22;1-2-4-6-7-5-3-1/h2-10,14-17,22H,11-13H2,1H3;1-7H. The van der Waals surface area contributed by atoms with Gasteiger partial charge in [-0.1, -0.05) is 96.2 Å². The third-order valence-electron chi connectivity index (χ3n) is 7.50. The molecule has 4 aromatic rings. The number of benzene rings is 3. The summed E-state index contributed by atoms with van der Waals surface area (Å²) in [6.07, 6.45) is 18.7. The number of rotatable bonds is 3. The minimum atomic E-state index is -0.180. The first-order valence-corrected chi connectivity index (χ1v) is 13.4. The first-order chi connectivity index (χ1) is 19.2. The lowest BCUT2D eigenvalue weighted by molar-refractivity contribution is 0.0946. The van der Waals surface area contributed by atoms with Crippen LogP contribution in [0.15, 0.2) is 108 Å². The van der Waals surface area contributed by atoms with E-state index in [4.69, 9.17) is 4.52 Å². The van der Waals surface area contributed by atoms with Crippen molar-refractivity contribution in [1.82, 2.24) is 10.5 Å². The van der Waals surface area contributed by atoms with E-state index in [9.17, 15) is 4.79 Å². The van der Waals surface area contributed by atoms with Crippen LogP contribution in [0.5, 0.6) is 0 Å². The van der Waals surface area contributed by atoms with E-state index in [0.29, 0.717) is 17.0 Å². The van der Waals surface area contributed by atoms with Gasteiger partial charge in [-0.2, -0.15) is 0 Å². The second kappa shape index (κ2) is 11.0. The number of nitrogens with zero attached hydrogens (tertiary/aromatic N) is 1. The molecule has 1 N–H and O–H groups in total. The van der Waals surface area contributed by atoms with Crippen molar-refractivity contribution in [3.63, 3.8) is 0 Å². The summed E-state index contributed by atoms with van der Waals surface area (Å²) in [5.74, 6) is 0.491. The molecule has 1 unspecified atom stereocenters. The molecule has 7 rings (SSSR count). The van der Waals surface area contributed by atoms with Crippen molar-refractivity contribution in [3.05, 3.63) is 136 Å². The molecule has 0 spiro atoms.